The van der Waals surface area contributed by atoms with E-state index in [-0.39, 0.29) is 12.0 Å². The van der Waals surface area contributed by atoms with Crippen LogP contribution in [-0.4, -0.2) is 17.1 Å². The Morgan fingerprint density at radius 1 is 1.23 bits per heavy atom. The van der Waals surface area contributed by atoms with E-state index in [1.54, 1.807) is 31.2 Å². The molecule has 2 aromatic rings. The van der Waals surface area contributed by atoms with E-state index in [9.17, 15) is 18.0 Å². The van der Waals surface area contributed by atoms with Gasteiger partial charge in [0, 0.05) is 18.0 Å². The third-order valence-electron chi connectivity index (χ3n) is 3.13. The van der Waals surface area contributed by atoms with Gasteiger partial charge in [0.15, 0.2) is 0 Å². The highest BCUT2D eigenvalue weighted by Gasteiger charge is 2.44. The fourth-order valence-electron chi connectivity index (χ4n) is 1.99. The normalized spacial score (nSPS) is 12.7. The number of carbonyl (C=O) groups is 1. The molecular formula is C16H14F3NO2. The van der Waals surface area contributed by atoms with Gasteiger partial charge in [-0.25, -0.2) is 0 Å². The number of benzene rings is 1. The lowest BCUT2D eigenvalue weighted by Gasteiger charge is -2.21. The molecule has 22 heavy (non-hydrogen) atoms. The Morgan fingerprint density at radius 3 is 2.55 bits per heavy atom. The molecule has 1 aromatic carbocycles. The molecule has 0 N–H and O–H groups in total. The summed E-state index contributed by atoms with van der Waals surface area (Å²) in [5, 5.41) is 0. The van der Waals surface area contributed by atoms with Crippen LogP contribution >= 0.6 is 0 Å². The maximum atomic E-state index is 13.1. The maximum Gasteiger partial charge on any atom is 0.429 e. The fourth-order valence-corrected chi connectivity index (χ4v) is 1.99. The molecule has 1 aromatic heterocycles. The molecule has 0 bridgehead atoms. The summed E-state index contributed by atoms with van der Waals surface area (Å²) in [6.07, 6.45) is -4.81. The largest absolute Gasteiger partial charge is 0.447 e. The van der Waals surface area contributed by atoms with Crippen LogP contribution in [0.15, 0.2) is 48.8 Å². The summed E-state index contributed by atoms with van der Waals surface area (Å²) >= 11 is 0. The lowest BCUT2D eigenvalue weighted by atomic mass is 10.1. The van der Waals surface area contributed by atoms with Gasteiger partial charge in [0.2, 0.25) is 6.10 Å². The SMILES string of the molecule is Cc1ccccc1CC(=O)O[C@H](c1cccnc1)C(F)(F)F. The number of aromatic nitrogens is 1. The average Bonchev–Trinajstić information content (AvgIpc) is 2.47. The highest BCUT2D eigenvalue weighted by molar-refractivity contribution is 5.73. The molecule has 3 nitrogen and oxygen atoms in total. The van der Waals surface area contributed by atoms with Gasteiger partial charge in [0.1, 0.15) is 0 Å². The first kappa shape index (κ1) is 16.0. The first-order valence-corrected chi connectivity index (χ1v) is 6.58. The summed E-state index contributed by atoms with van der Waals surface area (Å²) in [7, 11) is 0. The van der Waals surface area contributed by atoms with Crippen molar-refractivity contribution >= 4 is 5.97 Å². The Hall–Kier alpha value is -2.37. The molecule has 0 fully saturated rings. The number of alkyl halides is 3. The van der Waals surface area contributed by atoms with Crippen molar-refractivity contribution in [2.75, 3.05) is 0 Å². The molecule has 0 saturated carbocycles. The van der Waals surface area contributed by atoms with Gasteiger partial charge in [-0.2, -0.15) is 13.2 Å². The van der Waals surface area contributed by atoms with Crippen molar-refractivity contribution < 1.29 is 22.7 Å². The zero-order chi connectivity index (χ0) is 16.2. The first-order valence-electron chi connectivity index (χ1n) is 6.58. The number of halogens is 3. The monoisotopic (exact) mass is 309 g/mol. The summed E-state index contributed by atoms with van der Waals surface area (Å²) < 4.78 is 43.9. The lowest BCUT2D eigenvalue weighted by Crippen LogP contribution is -2.27. The van der Waals surface area contributed by atoms with Crippen LogP contribution in [0.1, 0.15) is 22.8 Å². The van der Waals surface area contributed by atoms with Crippen molar-refractivity contribution in [1.29, 1.82) is 0 Å². The Bertz CT molecular complexity index is 641. The van der Waals surface area contributed by atoms with Crippen molar-refractivity contribution in [2.24, 2.45) is 0 Å². The quantitative estimate of drug-likeness (QED) is 0.807. The van der Waals surface area contributed by atoms with Crippen LogP contribution in [-0.2, 0) is 16.0 Å². The topological polar surface area (TPSA) is 39.2 Å². The summed E-state index contributed by atoms with van der Waals surface area (Å²) in [6, 6.07) is 9.57. The van der Waals surface area contributed by atoms with Crippen LogP contribution in [0.2, 0.25) is 0 Å². The fraction of sp³-hybridized carbons (Fsp3) is 0.250. The second-order valence-electron chi connectivity index (χ2n) is 4.80. The Labute approximate surface area is 125 Å². The molecule has 0 amide bonds. The molecule has 0 aliphatic carbocycles. The van der Waals surface area contributed by atoms with E-state index in [0.717, 1.165) is 11.8 Å². The van der Waals surface area contributed by atoms with Gasteiger partial charge >= 0.3 is 12.1 Å². The molecule has 1 heterocycles. The molecule has 116 valence electrons. The van der Waals surface area contributed by atoms with E-state index in [0.29, 0.717) is 5.56 Å². The van der Waals surface area contributed by atoms with Crippen LogP contribution in [0.3, 0.4) is 0 Å². The number of ether oxygens (including phenoxy) is 1. The molecule has 0 spiro atoms. The highest BCUT2D eigenvalue weighted by atomic mass is 19.4. The Kier molecular flexibility index (Phi) is 4.80. The van der Waals surface area contributed by atoms with Crippen molar-refractivity contribution in [2.45, 2.75) is 25.6 Å². The maximum absolute atomic E-state index is 13.1. The zero-order valence-corrected chi connectivity index (χ0v) is 11.8. The van der Waals surface area contributed by atoms with Crippen LogP contribution in [0.25, 0.3) is 0 Å². The Balaban J connectivity index is 2.14. The van der Waals surface area contributed by atoms with Crippen LogP contribution in [0.4, 0.5) is 13.2 Å². The number of esters is 1. The minimum atomic E-state index is -4.69. The number of carbonyl (C=O) groups excluding carboxylic acids is 1. The molecule has 1 atom stereocenters. The second-order valence-corrected chi connectivity index (χ2v) is 4.80. The van der Waals surface area contributed by atoms with E-state index in [2.05, 4.69) is 9.72 Å². The standard InChI is InChI=1S/C16H14F3NO2/c1-11-5-2-3-6-12(11)9-14(21)22-15(16(17,18)19)13-7-4-8-20-10-13/h2-8,10,15H,9H2,1H3/t15-/m1/s1. The smallest absolute Gasteiger partial charge is 0.429 e. The highest BCUT2D eigenvalue weighted by Crippen LogP contribution is 2.35. The van der Waals surface area contributed by atoms with Crippen LogP contribution < -0.4 is 0 Å². The minimum absolute atomic E-state index is 0.201. The molecule has 0 aliphatic rings. The van der Waals surface area contributed by atoms with Crippen molar-refractivity contribution in [3.63, 3.8) is 0 Å². The van der Waals surface area contributed by atoms with Gasteiger partial charge in [-0.1, -0.05) is 30.3 Å². The van der Waals surface area contributed by atoms with Crippen LogP contribution in [0, 0.1) is 6.92 Å². The summed E-state index contributed by atoms with van der Waals surface area (Å²) in [5.41, 5.74) is 1.26. The first-order chi connectivity index (χ1) is 10.4. The number of hydrogen-bond donors (Lipinski definition) is 0. The lowest BCUT2D eigenvalue weighted by molar-refractivity contribution is -0.223. The Morgan fingerprint density at radius 2 is 1.95 bits per heavy atom. The number of rotatable bonds is 4. The molecule has 6 heteroatoms. The van der Waals surface area contributed by atoms with Gasteiger partial charge in [-0.15, -0.1) is 0 Å². The number of hydrogen-bond acceptors (Lipinski definition) is 3. The van der Waals surface area contributed by atoms with Crippen molar-refractivity contribution in [3.8, 4) is 0 Å². The number of aryl methyl sites for hydroxylation is 1. The van der Waals surface area contributed by atoms with Gasteiger partial charge in [0.25, 0.3) is 0 Å². The number of nitrogens with zero attached hydrogens (tertiary/aromatic N) is 1. The molecule has 0 unspecified atom stereocenters. The van der Waals surface area contributed by atoms with E-state index in [1.165, 1.54) is 18.3 Å². The molecule has 0 radical (unpaired) electrons. The third kappa shape index (κ3) is 4.07. The van der Waals surface area contributed by atoms with E-state index >= 15 is 0 Å². The van der Waals surface area contributed by atoms with Crippen molar-refractivity contribution in [3.05, 3.63) is 65.5 Å². The zero-order valence-electron chi connectivity index (χ0n) is 11.8. The van der Waals surface area contributed by atoms with E-state index < -0.39 is 18.2 Å². The molecule has 0 saturated heterocycles. The molecule has 2 rings (SSSR count). The summed E-state index contributed by atoms with van der Waals surface area (Å²) in [5.74, 6) is -0.930. The van der Waals surface area contributed by atoms with Gasteiger partial charge in [0.05, 0.1) is 6.42 Å². The minimum Gasteiger partial charge on any atom is -0.447 e. The molecule has 0 aliphatic heterocycles. The van der Waals surface area contributed by atoms with Crippen molar-refractivity contribution in [1.82, 2.24) is 4.98 Å². The van der Waals surface area contributed by atoms with Crippen LogP contribution in [0.5, 0.6) is 0 Å². The summed E-state index contributed by atoms with van der Waals surface area (Å²) in [4.78, 5) is 15.5. The van der Waals surface area contributed by atoms with Gasteiger partial charge < -0.3 is 4.74 Å². The number of pyridine rings is 1. The van der Waals surface area contributed by atoms with Gasteiger partial charge in [-0.05, 0) is 24.1 Å². The predicted octanol–water partition coefficient (Wildman–Crippen LogP) is 3.78. The van der Waals surface area contributed by atoms with Gasteiger partial charge in [-0.3, -0.25) is 9.78 Å². The summed E-state index contributed by atoms with van der Waals surface area (Å²) in [6.45, 7) is 1.78. The molecular weight excluding hydrogens is 295 g/mol. The third-order valence-corrected chi connectivity index (χ3v) is 3.13. The second kappa shape index (κ2) is 6.60. The predicted molar refractivity (Wildman–Crippen MR) is 74.0 cm³/mol. The average molecular weight is 309 g/mol. The van der Waals surface area contributed by atoms with E-state index in [1.807, 2.05) is 0 Å². The van der Waals surface area contributed by atoms with E-state index in [4.69, 9.17) is 0 Å².